The molecule has 0 fully saturated rings. The molecule has 0 radical (unpaired) electrons. The van der Waals surface area contributed by atoms with Gasteiger partial charge < -0.3 is 4.74 Å². The van der Waals surface area contributed by atoms with Gasteiger partial charge in [-0.05, 0) is 31.2 Å². The van der Waals surface area contributed by atoms with Crippen LogP contribution >= 0.6 is 15.9 Å². The fourth-order valence-corrected chi connectivity index (χ4v) is 1.75. The molecular formula is C13H10BrNO2. The summed E-state index contributed by atoms with van der Waals surface area (Å²) in [5.41, 5.74) is 1.09. The van der Waals surface area contributed by atoms with Crippen LogP contribution < -0.4 is 0 Å². The van der Waals surface area contributed by atoms with Crippen LogP contribution in [0.15, 0.2) is 57.7 Å². The van der Waals surface area contributed by atoms with Crippen LogP contribution in [0.3, 0.4) is 0 Å². The van der Waals surface area contributed by atoms with E-state index < -0.39 is 5.97 Å². The highest BCUT2D eigenvalue weighted by Crippen LogP contribution is 2.19. The molecule has 0 saturated heterocycles. The van der Waals surface area contributed by atoms with E-state index in [1.54, 1.807) is 12.2 Å². The van der Waals surface area contributed by atoms with E-state index in [0.717, 1.165) is 10.0 Å². The molecule has 0 unspecified atom stereocenters. The molecule has 0 atom stereocenters. The van der Waals surface area contributed by atoms with E-state index in [1.165, 1.54) is 0 Å². The Hall–Kier alpha value is -1.68. The van der Waals surface area contributed by atoms with Crippen LogP contribution in [0, 0.1) is 0 Å². The van der Waals surface area contributed by atoms with Crippen molar-refractivity contribution in [3.63, 3.8) is 0 Å². The van der Waals surface area contributed by atoms with Gasteiger partial charge in [-0.3, -0.25) is 0 Å². The Morgan fingerprint density at radius 3 is 2.94 bits per heavy atom. The maximum Gasteiger partial charge on any atom is 0.363 e. The summed E-state index contributed by atoms with van der Waals surface area (Å²) in [5, 5.41) is 0. The van der Waals surface area contributed by atoms with Gasteiger partial charge in [-0.1, -0.05) is 34.1 Å². The summed E-state index contributed by atoms with van der Waals surface area (Å²) in [6.07, 6.45) is 5.21. The van der Waals surface area contributed by atoms with Crippen LogP contribution in [0.4, 0.5) is 0 Å². The molecule has 0 aromatic heterocycles. The Balaban J connectivity index is 2.33. The van der Waals surface area contributed by atoms with E-state index in [2.05, 4.69) is 20.9 Å². The predicted octanol–water partition coefficient (Wildman–Crippen LogP) is 3.21. The standard InChI is InChI=1S/C13H10BrNO2/c1-2-3-7-11-13(16)17-12(15-11)9-5-4-6-10(14)8-9/h2-8H,1H3. The smallest absolute Gasteiger partial charge is 0.363 e. The van der Waals surface area contributed by atoms with Crippen molar-refractivity contribution < 1.29 is 9.53 Å². The van der Waals surface area contributed by atoms with Crippen molar-refractivity contribution in [2.75, 3.05) is 0 Å². The monoisotopic (exact) mass is 291 g/mol. The molecule has 17 heavy (non-hydrogen) atoms. The van der Waals surface area contributed by atoms with Gasteiger partial charge in [0, 0.05) is 10.0 Å². The number of esters is 1. The van der Waals surface area contributed by atoms with Crippen molar-refractivity contribution in [3.8, 4) is 0 Å². The minimum atomic E-state index is -0.418. The van der Waals surface area contributed by atoms with Crippen LogP contribution in [0.5, 0.6) is 0 Å². The van der Waals surface area contributed by atoms with Crippen LogP contribution in [0.25, 0.3) is 0 Å². The fourth-order valence-electron chi connectivity index (χ4n) is 1.36. The lowest BCUT2D eigenvalue weighted by molar-refractivity contribution is -0.130. The van der Waals surface area contributed by atoms with Crippen molar-refractivity contribution in [1.29, 1.82) is 0 Å². The first kappa shape index (κ1) is 11.8. The molecule has 0 saturated carbocycles. The number of nitrogens with zero attached hydrogens (tertiary/aromatic N) is 1. The van der Waals surface area contributed by atoms with E-state index in [9.17, 15) is 4.79 Å². The highest BCUT2D eigenvalue weighted by molar-refractivity contribution is 9.10. The highest BCUT2D eigenvalue weighted by Gasteiger charge is 2.23. The van der Waals surface area contributed by atoms with Gasteiger partial charge >= 0.3 is 5.97 Å². The van der Waals surface area contributed by atoms with Gasteiger partial charge in [0.1, 0.15) is 0 Å². The Morgan fingerprint density at radius 2 is 2.24 bits per heavy atom. The zero-order valence-electron chi connectivity index (χ0n) is 9.18. The number of ether oxygens (including phenoxy) is 1. The van der Waals surface area contributed by atoms with E-state index in [4.69, 9.17) is 4.74 Å². The Kier molecular flexibility index (Phi) is 3.54. The molecule has 0 spiro atoms. The summed E-state index contributed by atoms with van der Waals surface area (Å²) in [7, 11) is 0. The lowest BCUT2D eigenvalue weighted by atomic mass is 10.2. The number of allylic oxidation sites excluding steroid dienone is 3. The van der Waals surface area contributed by atoms with Gasteiger partial charge in [-0.2, -0.15) is 0 Å². The number of cyclic esters (lactones) is 1. The second-order valence-corrected chi connectivity index (χ2v) is 4.31. The number of rotatable bonds is 2. The van der Waals surface area contributed by atoms with Crippen LogP contribution in [0.2, 0.25) is 0 Å². The van der Waals surface area contributed by atoms with Crippen molar-refractivity contribution in [2.45, 2.75) is 6.92 Å². The first-order valence-corrected chi connectivity index (χ1v) is 5.90. The summed E-state index contributed by atoms with van der Waals surface area (Å²) >= 11 is 3.36. The normalized spacial score (nSPS) is 17.6. The van der Waals surface area contributed by atoms with E-state index in [-0.39, 0.29) is 0 Å². The second-order valence-electron chi connectivity index (χ2n) is 3.39. The third kappa shape index (κ3) is 2.71. The minimum Gasteiger partial charge on any atom is -0.402 e. The van der Waals surface area contributed by atoms with Gasteiger partial charge in [0.25, 0.3) is 0 Å². The Bertz CT molecular complexity index is 544. The molecule has 0 aliphatic carbocycles. The first-order chi connectivity index (χ1) is 8.20. The van der Waals surface area contributed by atoms with Gasteiger partial charge in [0.15, 0.2) is 5.70 Å². The number of aliphatic imine (C=N–C) groups is 1. The number of hydrogen-bond donors (Lipinski definition) is 0. The largest absolute Gasteiger partial charge is 0.402 e. The minimum absolute atomic E-state index is 0.318. The van der Waals surface area contributed by atoms with Crippen LogP contribution in [-0.4, -0.2) is 11.9 Å². The fraction of sp³-hybridized carbons (Fsp3) is 0.0769. The quantitative estimate of drug-likeness (QED) is 0.620. The van der Waals surface area contributed by atoms with Crippen molar-refractivity contribution in [3.05, 3.63) is 58.2 Å². The molecule has 86 valence electrons. The second kappa shape index (κ2) is 5.10. The average molecular weight is 292 g/mol. The molecule has 0 N–H and O–H groups in total. The maximum atomic E-state index is 11.5. The third-order valence-corrected chi connectivity index (χ3v) is 2.63. The van der Waals surface area contributed by atoms with E-state index in [0.29, 0.717) is 11.6 Å². The first-order valence-electron chi connectivity index (χ1n) is 5.10. The van der Waals surface area contributed by atoms with Crippen molar-refractivity contribution in [2.24, 2.45) is 4.99 Å². The molecule has 1 aliphatic rings. The molecule has 4 heteroatoms. The van der Waals surface area contributed by atoms with Crippen LogP contribution in [0.1, 0.15) is 12.5 Å². The molecule has 0 bridgehead atoms. The lowest BCUT2D eigenvalue weighted by Gasteiger charge is -1.99. The molecule has 1 aromatic carbocycles. The van der Waals surface area contributed by atoms with Gasteiger partial charge in [0.05, 0.1) is 0 Å². The highest BCUT2D eigenvalue weighted by atomic mass is 79.9. The zero-order chi connectivity index (χ0) is 12.3. The van der Waals surface area contributed by atoms with Gasteiger partial charge in [0.2, 0.25) is 5.90 Å². The summed E-state index contributed by atoms with van der Waals surface area (Å²) in [5.74, 6) is -0.0786. The third-order valence-electron chi connectivity index (χ3n) is 2.14. The molecule has 0 amide bonds. The molecule has 3 nitrogen and oxygen atoms in total. The summed E-state index contributed by atoms with van der Waals surface area (Å²) in [6.45, 7) is 1.87. The Labute approximate surface area is 108 Å². The molecule has 1 aromatic rings. The molecular weight excluding hydrogens is 282 g/mol. The summed E-state index contributed by atoms with van der Waals surface area (Å²) in [4.78, 5) is 15.6. The average Bonchev–Trinajstić information content (AvgIpc) is 2.68. The predicted molar refractivity (Wildman–Crippen MR) is 69.7 cm³/mol. The number of carbonyl (C=O) groups excluding carboxylic acids is 1. The Morgan fingerprint density at radius 1 is 1.41 bits per heavy atom. The lowest BCUT2D eigenvalue weighted by Crippen LogP contribution is -2.05. The topological polar surface area (TPSA) is 38.7 Å². The SMILES string of the molecule is CC=CC=C1N=C(c2cccc(Br)c2)OC1=O. The molecule has 2 rings (SSSR count). The molecule has 1 aliphatic heterocycles. The van der Waals surface area contributed by atoms with Crippen molar-refractivity contribution >= 4 is 27.8 Å². The summed E-state index contributed by atoms with van der Waals surface area (Å²) < 4.78 is 6.02. The van der Waals surface area contributed by atoms with Crippen LogP contribution in [-0.2, 0) is 9.53 Å². The zero-order valence-corrected chi connectivity index (χ0v) is 10.8. The number of carbonyl (C=O) groups is 1. The van der Waals surface area contributed by atoms with Gasteiger partial charge in [-0.25, -0.2) is 9.79 Å². The summed E-state index contributed by atoms with van der Waals surface area (Å²) in [6, 6.07) is 7.46. The van der Waals surface area contributed by atoms with Crippen molar-refractivity contribution in [1.82, 2.24) is 0 Å². The van der Waals surface area contributed by atoms with E-state index in [1.807, 2.05) is 37.3 Å². The number of halogens is 1. The van der Waals surface area contributed by atoms with Gasteiger partial charge in [-0.15, -0.1) is 0 Å². The van der Waals surface area contributed by atoms with E-state index >= 15 is 0 Å². The maximum absolute atomic E-state index is 11.5. The molecule has 1 heterocycles. The number of benzene rings is 1. The number of hydrogen-bond acceptors (Lipinski definition) is 3.